The van der Waals surface area contributed by atoms with Crippen LogP contribution in [-0.4, -0.2) is 44.9 Å². The Morgan fingerprint density at radius 2 is 2.18 bits per heavy atom. The van der Waals surface area contributed by atoms with E-state index in [0.29, 0.717) is 18.5 Å². The van der Waals surface area contributed by atoms with Crippen LogP contribution in [0.25, 0.3) is 5.69 Å². The molecule has 0 radical (unpaired) electrons. The number of aromatic nitrogens is 2. The van der Waals surface area contributed by atoms with E-state index >= 15 is 0 Å². The Morgan fingerprint density at radius 3 is 2.91 bits per heavy atom. The predicted octanol–water partition coefficient (Wildman–Crippen LogP) is 1.75. The van der Waals surface area contributed by atoms with Gasteiger partial charge >= 0.3 is 0 Å². The fourth-order valence-corrected chi connectivity index (χ4v) is 2.55. The minimum absolute atomic E-state index is 0.0686. The molecule has 1 N–H and O–H groups in total. The first-order valence-corrected chi connectivity index (χ1v) is 7.02. The van der Waals surface area contributed by atoms with Crippen molar-refractivity contribution < 1.29 is 18.7 Å². The minimum atomic E-state index is -0.754. The number of halogens is 2. The van der Waals surface area contributed by atoms with Crippen LogP contribution in [0.4, 0.5) is 8.78 Å². The first-order valence-electron chi connectivity index (χ1n) is 7.02. The number of β-amino-alcohol motifs (C(OH)–C–C–N with tert-alkyl or cyclic N) is 1. The maximum Gasteiger partial charge on any atom is 0.257 e. The molecule has 0 bridgehead atoms. The Hall–Kier alpha value is -2.28. The summed E-state index contributed by atoms with van der Waals surface area (Å²) in [5, 5.41) is 13.6. The van der Waals surface area contributed by atoms with E-state index in [-0.39, 0.29) is 18.1 Å². The molecule has 1 amide bonds. The van der Waals surface area contributed by atoms with E-state index in [0.717, 1.165) is 18.6 Å². The molecule has 0 spiro atoms. The molecule has 2 aromatic rings. The van der Waals surface area contributed by atoms with Crippen molar-refractivity contribution in [3.63, 3.8) is 0 Å². The zero-order valence-corrected chi connectivity index (χ0v) is 11.7. The summed E-state index contributed by atoms with van der Waals surface area (Å²) < 4.78 is 27.8. The summed E-state index contributed by atoms with van der Waals surface area (Å²) >= 11 is 0. The maximum atomic E-state index is 13.7. The largest absolute Gasteiger partial charge is 0.391 e. The minimum Gasteiger partial charge on any atom is -0.391 e. The lowest BCUT2D eigenvalue weighted by atomic mass is 10.1. The molecule has 2 heterocycles. The fraction of sp³-hybridized carbons (Fsp3) is 0.333. The zero-order chi connectivity index (χ0) is 15.7. The van der Waals surface area contributed by atoms with Crippen LogP contribution >= 0.6 is 0 Å². The Balaban J connectivity index is 1.82. The summed E-state index contributed by atoms with van der Waals surface area (Å²) in [4.78, 5) is 13.9. The quantitative estimate of drug-likeness (QED) is 0.919. The number of aliphatic hydroxyl groups is 1. The monoisotopic (exact) mass is 307 g/mol. The van der Waals surface area contributed by atoms with E-state index < -0.39 is 17.7 Å². The summed E-state index contributed by atoms with van der Waals surface area (Å²) in [6.07, 6.45) is 3.66. The number of carbonyl (C=O) groups excluding carboxylic acids is 1. The van der Waals surface area contributed by atoms with Crippen LogP contribution in [0.2, 0.25) is 0 Å². The van der Waals surface area contributed by atoms with Crippen LogP contribution in [0.1, 0.15) is 23.2 Å². The van der Waals surface area contributed by atoms with Gasteiger partial charge in [-0.1, -0.05) is 0 Å². The number of likely N-dealkylation sites (tertiary alicyclic amines) is 1. The van der Waals surface area contributed by atoms with E-state index in [1.54, 1.807) is 4.90 Å². The molecule has 1 aliphatic rings. The van der Waals surface area contributed by atoms with E-state index in [4.69, 9.17) is 0 Å². The molecule has 1 aliphatic heterocycles. The van der Waals surface area contributed by atoms with Crippen molar-refractivity contribution in [1.82, 2.24) is 14.7 Å². The molecule has 1 fully saturated rings. The number of amides is 1. The third-order valence-corrected chi connectivity index (χ3v) is 3.67. The van der Waals surface area contributed by atoms with Crippen molar-refractivity contribution in [3.05, 3.63) is 47.8 Å². The van der Waals surface area contributed by atoms with Crippen molar-refractivity contribution in [2.45, 2.75) is 18.9 Å². The van der Waals surface area contributed by atoms with Crippen molar-refractivity contribution >= 4 is 5.91 Å². The Kier molecular flexibility index (Phi) is 3.89. The van der Waals surface area contributed by atoms with Crippen LogP contribution < -0.4 is 0 Å². The first kappa shape index (κ1) is 14.6. The molecule has 1 unspecified atom stereocenters. The molecule has 1 saturated heterocycles. The number of hydrogen-bond donors (Lipinski definition) is 1. The van der Waals surface area contributed by atoms with Gasteiger partial charge in [-0.15, -0.1) is 0 Å². The van der Waals surface area contributed by atoms with Crippen LogP contribution in [-0.2, 0) is 0 Å². The van der Waals surface area contributed by atoms with Crippen molar-refractivity contribution in [2.75, 3.05) is 13.1 Å². The molecule has 5 nitrogen and oxygen atoms in total. The third kappa shape index (κ3) is 2.85. The molecule has 22 heavy (non-hydrogen) atoms. The Morgan fingerprint density at radius 1 is 1.36 bits per heavy atom. The molecule has 1 aromatic heterocycles. The lowest BCUT2D eigenvalue weighted by Crippen LogP contribution is -2.42. The summed E-state index contributed by atoms with van der Waals surface area (Å²) in [5.74, 6) is -1.69. The lowest BCUT2D eigenvalue weighted by Gasteiger charge is -2.29. The zero-order valence-electron chi connectivity index (χ0n) is 11.7. The molecule has 1 atom stereocenters. The van der Waals surface area contributed by atoms with Crippen molar-refractivity contribution in [2.24, 2.45) is 0 Å². The summed E-state index contributed by atoms with van der Waals surface area (Å²) in [6, 6.07) is 3.15. The van der Waals surface area contributed by atoms with Crippen LogP contribution in [0.15, 0.2) is 30.6 Å². The molecule has 7 heteroatoms. The number of piperidine rings is 1. The van der Waals surface area contributed by atoms with Gasteiger partial charge in [-0.2, -0.15) is 5.10 Å². The average molecular weight is 307 g/mol. The summed E-state index contributed by atoms with van der Waals surface area (Å²) in [7, 11) is 0. The van der Waals surface area contributed by atoms with Crippen LogP contribution in [0, 0.1) is 11.6 Å². The van der Waals surface area contributed by atoms with Gasteiger partial charge in [-0.25, -0.2) is 13.5 Å². The molecule has 1 aromatic carbocycles. The van der Waals surface area contributed by atoms with Gasteiger partial charge < -0.3 is 10.0 Å². The average Bonchev–Trinajstić information content (AvgIpc) is 2.96. The molecule has 0 aliphatic carbocycles. The smallest absolute Gasteiger partial charge is 0.257 e. The fourth-order valence-electron chi connectivity index (χ4n) is 2.55. The second kappa shape index (κ2) is 5.84. The molecule has 116 valence electrons. The van der Waals surface area contributed by atoms with E-state index in [2.05, 4.69) is 5.10 Å². The van der Waals surface area contributed by atoms with E-state index in [1.807, 2.05) is 0 Å². The number of rotatable bonds is 2. The lowest BCUT2D eigenvalue weighted by molar-refractivity contribution is 0.0473. The van der Waals surface area contributed by atoms with E-state index in [1.165, 1.54) is 23.1 Å². The van der Waals surface area contributed by atoms with Gasteiger partial charge in [0.15, 0.2) is 5.82 Å². The van der Waals surface area contributed by atoms with Gasteiger partial charge in [0.2, 0.25) is 0 Å². The van der Waals surface area contributed by atoms with Crippen LogP contribution in [0.3, 0.4) is 0 Å². The highest BCUT2D eigenvalue weighted by Crippen LogP contribution is 2.17. The van der Waals surface area contributed by atoms with Gasteiger partial charge in [0, 0.05) is 25.4 Å². The van der Waals surface area contributed by atoms with Gasteiger partial charge in [-0.3, -0.25) is 4.79 Å². The normalized spacial score (nSPS) is 18.5. The van der Waals surface area contributed by atoms with Crippen molar-refractivity contribution in [1.29, 1.82) is 0 Å². The molecule has 0 saturated carbocycles. The predicted molar refractivity (Wildman–Crippen MR) is 74.6 cm³/mol. The first-order chi connectivity index (χ1) is 10.5. The maximum absolute atomic E-state index is 13.7. The Bertz CT molecular complexity index is 702. The van der Waals surface area contributed by atoms with Gasteiger partial charge in [0.25, 0.3) is 5.91 Å². The standard InChI is InChI=1S/C15H15F2N3O2/c16-11-3-4-14(13(17)6-11)20-8-10(7-18-20)15(22)19-5-1-2-12(21)9-19/h3-4,6-8,12,21H,1-2,5,9H2. The Labute approximate surface area is 125 Å². The second-order valence-electron chi connectivity index (χ2n) is 5.32. The summed E-state index contributed by atoms with van der Waals surface area (Å²) in [5.41, 5.74) is 0.372. The SMILES string of the molecule is O=C(c1cnn(-c2ccc(F)cc2F)c1)N1CCCC(O)C1. The number of hydrogen-bond acceptors (Lipinski definition) is 3. The van der Waals surface area contributed by atoms with Gasteiger partial charge in [-0.05, 0) is 25.0 Å². The van der Waals surface area contributed by atoms with Crippen LogP contribution in [0.5, 0.6) is 0 Å². The number of benzene rings is 1. The number of nitrogens with zero attached hydrogens (tertiary/aromatic N) is 3. The van der Waals surface area contributed by atoms with Gasteiger partial charge in [0.05, 0.1) is 17.9 Å². The highest BCUT2D eigenvalue weighted by molar-refractivity contribution is 5.93. The highest BCUT2D eigenvalue weighted by Gasteiger charge is 2.24. The number of aliphatic hydroxyl groups excluding tert-OH is 1. The highest BCUT2D eigenvalue weighted by atomic mass is 19.1. The van der Waals surface area contributed by atoms with Gasteiger partial charge in [0.1, 0.15) is 11.5 Å². The third-order valence-electron chi connectivity index (χ3n) is 3.67. The van der Waals surface area contributed by atoms with E-state index in [9.17, 15) is 18.7 Å². The topological polar surface area (TPSA) is 58.4 Å². The summed E-state index contributed by atoms with van der Waals surface area (Å²) in [6.45, 7) is 0.862. The number of carbonyl (C=O) groups is 1. The molecular weight excluding hydrogens is 292 g/mol. The second-order valence-corrected chi connectivity index (χ2v) is 5.32. The molecular formula is C15H15F2N3O2. The van der Waals surface area contributed by atoms with Crippen molar-refractivity contribution in [3.8, 4) is 5.69 Å². The molecule has 3 rings (SSSR count).